The molecule has 0 N–H and O–H groups in total. The van der Waals surface area contributed by atoms with Gasteiger partial charge >= 0.3 is 0 Å². The Kier molecular flexibility index (Phi) is 8.02. The van der Waals surface area contributed by atoms with Crippen LogP contribution in [0.15, 0.2) is 218 Å². The summed E-state index contributed by atoms with van der Waals surface area (Å²) in [5.41, 5.74) is 11.6. The third-order valence-electron chi connectivity index (χ3n) is 13.2. The topological polar surface area (TPSA) is 19.1 Å². The van der Waals surface area contributed by atoms with E-state index < -0.39 is 0 Å². The van der Waals surface area contributed by atoms with E-state index in [-0.39, 0.29) is 0 Å². The summed E-state index contributed by atoms with van der Waals surface area (Å²) in [6, 6.07) is 79.4. The van der Waals surface area contributed by atoms with Crippen LogP contribution in [0.4, 0.5) is 0 Å². The van der Waals surface area contributed by atoms with E-state index in [1.54, 1.807) is 0 Å². The molecule has 5 heteroatoms. The van der Waals surface area contributed by atoms with Gasteiger partial charge in [0, 0.05) is 73.3 Å². The lowest BCUT2D eigenvalue weighted by Crippen LogP contribution is -1.94. The van der Waals surface area contributed by atoms with Crippen LogP contribution >= 0.6 is 22.7 Å². The summed E-state index contributed by atoms with van der Waals surface area (Å²) in [6.07, 6.45) is 0. The number of ether oxygens (including phenoxy) is 1. The van der Waals surface area contributed by atoms with Crippen molar-refractivity contribution in [3.8, 4) is 45.1 Å². The molecule has 304 valence electrons. The number of hydrogen-bond donors (Lipinski definition) is 0. The summed E-state index contributed by atoms with van der Waals surface area (Å²) < 4.78 is 17.0. The van der Waals surface area contributed by atoms with Crippen LogP contribution in [-0.4, -0.2) is 9.13 Å². The number of nitrogens with zero attached hydrogens (tertiary/aromatic N) is 2. The minimum absolute atomic E-state index is 0.795. The van der Waals surface area contributed by atoms with E-state index in [9.17, 15) is 0 Å². The van der Waals surface area contributed by atoms with Crippen LogP contribution in [0.3, 0.4) is 0 Å². The molecule has 4 aromatic heterocycles. The fourth-order valence-corrected chi connectivity index (χ4v) is 12.3. The normalized spacial score (nSPS) is 12.0. The average molecular weight is 865 g/mol. The van der Waals surface area contributed by atoms with E-state index in [2.05, 4.69) is 228 Å². The monoisotopic (exact) mass is 864 g/mol. The summed E-state index contributed by atoms with van der Waals surface area (Å²) in [5.74, 6) is 1.59. The van der Waals surface area contributed by atoms with Crippen LogP contribution in [0.1, 0.15) is 0 Å². The standard InChI is InChI=1S/C60H36N2OS2/c1-3-11-37(12-4-1)39-19-25-53-47(31-39)49-35-43(23-27-55(49)61(53)41-21-29-59-51(33-41)45-15-7-9-17-57(45)64-59)63-44-24-28-56-50(36-44)48-32-40(38-13-5-2-6-14-38)20-26-54(48)62(56)42-22-30-60-52(34-42)46-16-8-10-18-58(46)65-60/h1-36H. The van der Waals surface area contributed by atoms with Crippen LogP contribution in [0, 0.1) is 0 Å². The van der Waals surface area contributed by atoms with Crippen molar-refractivity contribution in [2.45, 2.75) is 0 Å². The van der Waals surface area contributed by atoms with Gasteiger partial charge < -0.3 is 13.9 Å². The Bertz CT molecular complexity index is 3940. The first-order chi connectivity index (χ1) is 32.2. The number of benzene rings is 10. The largest absolute Gasteiger partial charge is 0.457 e. The Morgan fingerprint density at radius 3 is 1.11 bits per heavy atom. The fraction of sp³-hybridized carbons (Fsp3) is 0. The van der Waals surface area contributed by atoms with Gasteiger partial charge in [0.25, 0.3) is 0 Å². The van der Waals surface area contributed by atoms with Gasteiger partial charge in [-0.05, 0) is 131 Å². The van der Waals surface area contributed by atoms with Crippen molar-refractivity contribution in [2.24, 2.45) is 0 Å². The van der Waals surface area contributed by atoms with E-state index in [1.807, 2.05) is 22.7 Å². The van der Waals surface area contributed by atoms with Crippen molar-refractivity contribution in [2.75, 3.05) is 0 Å². The minimum atomic E-state index is 0.795. The predicted molar refractivity (Wildman–Crippen MR) is 278 cm³/mol. The number of aromatic nitrogens is 2. The lowest BCUT2D eigenvalue weighted by atomic mass is 10.0. The van der Waals surface area contributed by atoms with E-state index >= 15 is 0 Å². The molecule has 14 aromatic rings. The van der Waals surface area contributed by atoms with Crippen LogP contribution in [0.25, 0.3) is 118 Å². The summed E-state index contributed by atoms with van der Waals surface area (Å²) >= 11 is 3.70. The lowest BCUT2D eigenvalue weighted by molar-refractivity contribution is 0.484. The number of rotatable bonds is 6. The van der Waals surface area contributed by atoms with Crippen LogP contribution < -0.4 is 4.74 Å². The first-order valence-corrected chi connectivity index (χ1v) is 23.6. The van der Waals surface area contributed by atoms with Gasteiger partial charge in [0.2, 0.25) is 0 Å². The van der Waals surface area contributed by atoms with Gasteiger partial charge in [-0.3, -0.25) is 0 Å². The third kappa shape index (κ3) is 5.80. The van der Waals surface area contributed by atoms with Gasteiger partial charge in [-0.1, -0.05) is 109 Å². The molecule has 0 aliphatic heterocycles. The molecule has 4 heterocycles. The SMILES string of the molecule is c1ccc(-c2ccc3c(c2)c2cc(Oc4ccc5c(c4)c4cc(-c6ccccc6)ccc4n5-c4ccc5sc6ccccc6c5c4)ccc2n3-c2ccc3sc4ccccc4c3c2)cc1. The Morgan fingerprint density at radius 1 is 0.262 bits per heavy atom. The zero-order chi connectivity index (χ0) is 42.6. The molecule has 10 aromatic carbocycles. The second-order valence-electron chi connectivity index (χ2n) is 16.9. The zero-order valence-corrected chi connectivity index (χ0v) is 36.5. The quantitative estimate of drug-likeness (QED) is 0.163. The van der Waals surface area contributed by atoms with Gasteiger partial charge in [-0.15, -0.1) is 22.7 Å². The van der Waals surface area contributed by atoms with Crippen molar-refractivity contribution < 1.29 is 4.74 Å². The highest BCUT2D eigenvalue weighted by Crippen LogP contribution is 2.43. The molecule has 0 fully saturated rings. The van der Waals surface area contributed by atoms with E-state index in [1.165, 1.54) is 73.4 Å². The van der Waals surface area contributed by atoms with E-state index in [4.69, 9.17) is 4.74 Å². The van der Waals surface area contributed by atoms with Gasteiger partial charge in [0.15, 0.2) is 0 Å². The molecule has 0 bridgehead atoms. The molecule has 14 rings (SSSR count). The molecular weight excluding hydrogens is 829 g/mol. The Morgan fingerprint density at radius 2 is 0.646 bits per heavy atom. The highest BCUT2D eigenvalue weighted by atomic mass is 32.1. The number of hydrogen-bond acceptors (Lipinski definition) is 3. The molecule has 3 nitrogen and oxygen atoms in total. The van der Waals surface area contributed by atoms with E-state index in [0.717, 1.165) is 55.7 Å². The molecule has 65 heavy (non-hydrogen) atoms. The molecule has 0 atom stereocenters. The summed E-state index contributed by atoms with van der Waals surface area (Å²) in [5, 5.41) is 9.82. The minimum Gasteiger partial charge on any atom is -0.457 e. The van der Waals surface area contributed by atoms with Crippen LogP contribution in [0.5, 0.6) is 11.5 Å². The molecule has 0 saturated heterocycles. The zero-order valence-electron chi connectivity index (χ0n) is 34.9. The summed E-state index contributed by atoms with van der Waals surface area (Å²) in [7, 11) is 0. The maximum atomic E-state index is 6.93. The number of thiophene rings is 2. The molecule has 0 aliphatic carbocycles. The Labute approximate surface area is 381 Å². The first-order valence-electron chi connectivity index (χ1n) is 22.0. The van der Waals surface area contributed by atoms with Crippen molar-refractivity contribution in [3.63, 3.8) is 0 Å². The molecule has 0 aliphatic rings. The maximum absolute atomic E-state index is 6.93. The van der Waals surface area contributed by atoms with Crippen molar-refractivity contribution >= 4 is 107 Å². The van der Waals surface area contributed by atoms with Gasteiger partial charge in [-0.2, -0.15) is 0 Å². The maximum Gasteiger partial charge on any atom is 0.128 e. The van der Waals surface area contributed by atoms with Gasteiger partial charge in [-0.25, -0.2) is 0 Å². The smallest absolute Gasteiger partial charge is 0.128 e. The summed E-state index contributed by atoms with van der Waals surface area (Å²) in [6.45, 7) is 0. The molecule has 0 saturated carbocycles. The molecule has 0 unspecified atom stereocenters. The molecular formula is C60H36N2OS2. The third-order valence-corrected chi connectivity index (χ3v) is 15.5. The Hall–Kier alpha value is -7.96. The number of fused-ring (bicyclic) bond motifs is 12. The molecule has 0 spiro atoms. The second-order valence-corrected chi connectivity index (χ2v) is 19.1. The van der Waals surface area contributed by atoms with Gasteiger partial charge in [0.05, 0.1) is 22.1 Å². The highest BCUT2D eigenvalue weighted by Gasteiger charge is 2.19. The Balaban J connectivity index is 0.930. The van der Waals surface area contributed by atoms with Gasteiger partial charge in [0.1, 0.15) is 11.5 Å². The summed E-state index contributed by atoms with van der Waals surface area (Å²) in [4.78, 5) is 0. The van der Waals surface area contributed by atoms with Crippen LogP contribution in [-0.2, 0) is 0 Å². The lowest BCUT2D eigenvalue weighted by Gasteiger charge is -2.10. The van der Waals surface area contributed by atoms with Crippen molar-refractivity contribution in [3.05, 3.63) is 218 Å². The highest BCUT2D eigenvalue weighted by molar-refractivity contribution is 7.26. The average Bonchev–Trinajstić information content (AvgIpc) is 4.11. The molecule has 0 radical (unpaired) electrons. The van der Waals surface area contributed by atoms with Crippen molar-refractivity contribution in [1.29, 1.82) is 0 Å². The fourth-order valence-electron chi connectivity index (χ4n) is 10.2. The van der Waals surface area contributed by atoms with E-state index in [0.29, 0.717) is 0 Å². The second kappa shape index (κ2) is 14.3. The van der Waals surface area contributed by atoms with Crippen LogP contribution in [0.2, 0.25) is 0 Å². The molecule has 0 amide bonds. The first kappa shape index (κ1) is 36.5. The van der Waals surface area contributed by atoms with Crippen molar-refractivity contribution in [1.82, 2.24) is 9.13 Å². The predicted octanol–water partition coefficient (Wildman–Crippen LogP) is 17.7.